The molecule has 0 radical (unpaired) electrons. The number of hydrogen-bond donors (Lipinski definition) is 1. The predicted molar refractivity (Wildman–Crippen MR) is 86.2 cm³/mol. The van der Waals surface area contributed by atoms with Crippen LogP contribution in [0.2, 0.25) is 5.02 Å². The van der Waals surface area contributed by atoms with Gasteiger partial charge in [-0.3, -0.25) is 0 Å². The molecule has 120 valence electrons. The van der Waals surface area contributed by atoms with Gasteiger partial charge in [0.2, 0.25) is 0 Å². The monoisotopic (exact) mass is 333 g/mol. The zero-order valence-corrected chi connectivity index (χ0v) is 13.2. The van der Waals surface area contributed by atoms with E-state index in [1.54, 1.807) is 24.3 Å². The fourth-order valence-electron chi connectivity index (χ4n) is 2.48. The molecule has 0 amide bonds. The van der Waals surface area contributed by atoms with Crippen LogP contribution in [0.15, 0.2) is 30.5 Å². The van der Waals surface area contributed by atoms with Gasteiger partial charge in [0, 0.05) is 24.3 Å². The van der Waals surface area contributed by atoms with Crippen LogP contribution in [-0.2, 0) is 6.61 Å². The summed E-state index contributed by atoms with van der Waals surface area (Å²) in [7, 11) is 0. The van der Waals surface area contributed by atoms with E-state index in [0.29, 0.717) is 22.4 Å². The van der Waals surface area contributed by atoms with Gasteiger partial charge < -0.3 is 14.7 Å². The van der Waals surface area contributed by atoms with Crippen molar-refractivity contribution in [3.8, 4) is 5.75 Å². The highest BCUT2D eigenvalue weighted by Crippen LogP contribution is 2.23. The number of carboxylic acid groups (broad SMARTS) is 1. The second kappa shape index (κ2) is 6.83. The number of hydrogen-bond acceptors (Lipinski definition) is 5. The lowest BCUT2D eigenvalue weighted by molar-refractivity contribution is 0.0696. The Balaban J connectivity index is 1.78. The number of carboxylic acids is 1. The summed E-state index contributed by atoms with van der Waals surface area (Å²) < 4.78 is 5.62. The Hall–Kier alpha value is -2.34. The maximum atomic E-state index is 11.4. The van der Waals surface area contributed by atoms with Gasteiger partial charge in [0.05, 0.1) is 0 Å². The van der Waals surface area contributed by atoms with Crippen molar-refractivity contribution in [3.05, 3.63) is 46.9 Å². The minimum absolute atomic E-state index is 0.127. The van der Waals surface area contributed by atoms with E-state index in [-0.39, 0.29) is 12.2 Å². The molecular weight excluding hydrogens is 318 g/mol. The summed E-state index contributed by atoms with van der Waals surface area (Å²) >= 11 is 5.83. The first-order valence-electron chi connectivity index (χ1n) is 7.36. The Morgan fingerprint density at radius 2 is 1.96 bits per heavy atom. The molecule has 0 spiro atoms. The van der Waals surface area contributed by atoms with Crippen LogP contribution >= 0.6 is 11.6 Å². The van der Waals surface area contributed by atoms with Crippen LogP contribution in [-0.4, -0.2) is 34.1 Å². The zero-order chi connectivity index (χ0) is 16.2. The Morgan fingerprint density at radius 3 is 2.61 bits per heavy atom. The summed E-state index contributed by atoms with van der Waals surface area (Å²) in [5.41, 5.74) is 0.127. The van der Waals surface area contributed by atoms with E-state index in [9.17, 15) is 9.90 Å². The minimum atomic E-state index is -1.02. The van der Waals surface area contributed by atoms with Gasteiger partial charge in [0.1, 0.15) is 23.7 Å². The average molecular weight is 334 g/mol. The SMILES string of the molecule is O=C(O)c1cnc(COc2ccc(Cl)cc2)nc1N1CCCC1. The van der Waals surface area contributed by atoms with E-state index < -0.39 is 5.97 Å². The zero-order valence-electron chi connectivity index (χ0n) is 12.4. The molecule has 1 aromatic heterocycles. The van der Waals surface area contributed by atoms with Gasteiger partial charge in [0.15, 0.2) is 5.82 Å². The van der Waals surface area contributed by atoms with Crippen molar-refractivity contribution in [2.75, 3.05) is 18.0 Å². The minimum Gasteiger partial charge on any atom is -0.486 e. The summed E-state index contributed by atoms with van der Waals surface area (Å²) in [6, 6.07) is 6.99. The smallest absolute Gasteiger partial charge is 0.341 e. The van der Waals surface area contributed by atoms with Crippen molar-refractivity contribution in [2.24, 2.45) is 0 Å². The lowest BCUT2D eigenvalue weighted by Crippen LogP contribution is -2.23. The molecule has 2 heterocycles. The first-order valence-corrected chi connectivity index (χ1v) is 7.74. The quantitative estimate of drug-likeness (QED) is 0.906. The first-order chi connectivity index (χ1) is 11.1. The van der Waals surface area contributed by atoms with Crippen molar-refractivity contribution in [1.29, 1.82) is 0 Å². The number of ether oxygens (including phenoxy) is 1. The molecule has 6 nitrogen and oxygen atoms in total. The van der Waals surface area contributed by atoms with E-state index in [4.69, 9.17) is 16.3 Å². The second-order valence-corrected chi connectivity index (χ2v) is 5.70. The van der Waals surface area contributed by atoms with Crippen molar-refractivity contribution >= 4 is 23.4 Å². The van der Waals surface area contributed by atoms with Crippen LogP contribution in [0, 0.1) is 0 Å². The normalized spacial score (nSPS) is 14.0. The topological polar surface area (TPSA) is 75.5 Å². The third kappa shape index (κ3) is 3.71. The number of benzene rings is 1. The number of anilines is 1. The molecule has 0 aliphatic carbocycles. The molecule has 0 bridgehead atoms. The van der Waals surface area contributed by atoms with E-state index in [0.717, 1.165) is 25.9 Å². The summed E-state index contributed by atoms with van der Waals surface area (Å²) in [4.78, 5) is 21.8. The molecule has 0 saturated carbocycles. The summed E-state index contributed by atoms with van der Waals surface area (Å²) in [6.45, 7) is 1.80. The van der Waals surface area contributed by atoms with Crippen molar-refractivity contribution in [1.82, 2.24) is 9.97 Å². The lowest BCUT2D eigenvalue weighted by Gasteiger charge is -2.19. The highest BCUT2D eigenvalue weighted by Gasteiger charge is 2.22. The summed E-state index contributed by atoms with van der Waals surface area (Å²) in [5.74, 6) is 0.562. The Morgan fingerprint density at radius 1 is 1.26 bits per heavy atom. The molecule has 1 aliphatic heterocycles. The number of rotatable bonds is 5. The number of carbonyl (C=O) groups is 1. The van der Waals surface area contributed by atoms with Crippen LogP contribution in [0.3, 0.4) is 0 Å². The van der Waals surface area contributed by atoms with E-state index >= 15 is 0 Å². The molecule has 3 rings (SSSR count). The highest BCUT2D eigenvalue weighted by atomic mass is 35.5. The number of aromatic carboxylic acids is 1. The van der Waals surface area contributed by atoms with Gasteiger partial charge >= 0.3 is 5.97 Å². The van der Waals surface area contributed by atoms with Crippen molar-refractivity contribution in [2.45, 2.75) is 19.4 Å². The maximum Gasteiger partial charge on any atom is 0.341 e. The number of aromatic nitrogens is 2. The van der Waals surface area contributed by atoms with E-state index in [1.807, 2.05) is 4.90 Å². The molecule has 0 unspecified atom stereocenters. The Kier molecular flexibility index (Phi) is 4.62. The van der Waals surface area contributed by atoms with E-state index in [2.05, 4.69) is 9.97 Å². The highest BCUT2D eigenvalue weighted by molar-refractivity contribution is 6.30. The number of halogens is 1. The van der Waals surface area contributed by atoms with Gasteiger partial charge in [0.25, 0.3) is 0 Å². The molecule has 23 heavy (non-hydrogen) atoms. The van der Waals surface area contributed by atoms with Gasteiger partial charge in [-0.05, 0) is 37.1 Å². The molecule has 2 aromatic rings. The van der Waals surface area contributed by atoms with Gasteiger partial charge in [-0.25, -0.2) is 14.8 Å². The van der Waals surface area contributed by atoms with Crippen molar-refractivity contribution < 1.29 is 14.6 Å². The molecule has 1 fully saturated rings. The largest absolute Gasteiger partial charge is 0.486 e. The third-order valence-corrected chi connectivity index (χ3v) is 3.89. The molecular formula is C16H16ClN3O3. The molecule has 0 atom stereocenters. The van der Waals surface area contributed by atoms with Crippen LogP contribution in [0.1, 0.15) is 29.0 Å². The summed E-state index contributed by atoms with van der Waals surface area (Å²) in [6.07, 6.45) is 3.43. The van der Waals surface area contributed by atoms with Crippen LogP contribution in [0.4, 0.5) is 5.82 Å². The molecule has 1 aromatic carbocycles. The standard InChI is InChI=1S/C16H16ClN3O3/c17-11-3-5-12(6-4-11)23-10-14-18-9-13(16(21)22)15(19-14)20-7-1-2-8-20/h3-6,9H,1-2,7-8,10H2,(H,21,22). The fourth-order valence-corrected chi connectivity index (χ4v) is 2.60. The molecule has 1 saturated heterocycles. The lowest BCUT2D eigenvalue weighted by atomic mass is 10.3. The summed E-state index contributed by atoms with van der Waals surface area (Å²) in [5, 5.41) is 9.94. The van der Waals surface area contributed by atoms with Gasteiger partial charge in [-0.2, -0.15) is 0 Å². The average Bonchev–Trinajstić information content (AvgIpc) is 3.08. The van der Waals surface area contributed by atoms with Gasteiger partial charge in [-0.15, -0.1) is 0 Å². The van der Waals surface area contributed by atoms with Crippen LogP contribution < -0.4 is 9.64 Å². The van der Waals surface area contributed by atoms with Crippen LogP contribution in [0.25, 0.3) is 0 Å². The van der Waals surface area contributed by atoms with Crippen LogP contribution in [0.5, 0.6) is 5.75 Å². The first kappa shape index (κ1) is 15.6. The fraction of sp³-hybridized carbons (Fsp3) is 0.312. The maximum absolute atomic E-state index is 11.4. The third-order valence-electron chi connectivity index (χ3n) is 3.64. The predicted octanol–water partition coefficient (Wildman–Crippen LogP) is 3.01. The molecule has 1 aliphatic rings. The number of nitrogens with zero attached hydrogens (tertiary/aromatic N) is 3. The Bertz CT molecular complexity index is 700. The van der Waals surface area contributed by atoms with E-state index in [1.165, 1.54) is 6.20 Å². The van der Waals surface area contributed by atoms with Gasteiger partial charge in [-0.1, -0.05) is 11.6 Å². The molecule has 1 N–H and O–H groups in total. The van der Waals surface area contributed by atoms with Crippen molar-refractivity contribution in [3.63, 3.8) is 0 Å². The molecule has 7 heteroatoms. The second-order valence-electron chi connectivity index (χ2n) is 5.27. The Labute approximate surface area is 138 Å².